The fraction of sp³-hybridized carbons (Fsp3) is 0.500. The van der Waals surface area contributed by atoms with E-state index < -0.39 is 12.9 Å². The van der Waals surface area contributed by atoms with E-state index in [1.165, 1.54) is 12.1 Å². The summed E-state index contributed by atoms with van der Waals surface area (Å²) in [5, 5.41) is 17.9. The summed E-state index contributed by atoms with van der Waals surface area (Å²) in [5.41, 5.74) is 0.747. The van der Waals surface area contributed by atoms with Crippen molar-refractivity contribution in [1.29, 1.82) is 0 Å². The molecule has 0 radical (unpaired) electrons. The van der Waals surface area contributed by atoms with Gasteiger partial charge in [-0.15, -0.1) is 0 Å². The highest BCUT2D eigenvalue weighted by atomic mass is 19.1. The van der Waals surface area contributed by atoms with Crippen LogP contribution in [0.5, 0.6) is 0 Å². The van der Waals surface area contributed by atoms with Crippen molar-refractivity contribution in [3.8, 4) is 0 Å². The molecule has 6 heteroatoms. The molecule has 1 heterocycles. The summed E-state index contributed by atoms with van der Waals surface area (Å²) >= 11 is 0. The van der Waals surface area contributed by atoms with Crippen molar-refractivity contribution in [2.45, 2.75) is 13.0 Å². The zero-order valence-corrected chi connectivity index (χ0v) is 10.2. The van der Waals surface area contributed by atoms with Crippen LogP contribution in [0.15, 0.2) is 18.2 Å². The van der Waals surface area contributed by atoms with E-state index in [9.17, 15) is 4.39 Å². The summed E-state index contributed by atoms with van der Waals surface area (Å²) in [7, 11) is -1.62. The lowest BCUT2D eigenvalue weighted by atomic mass is 9.80. The molecule has 1 fully saturated rings. The third-order valence-corrected chi connectivity index (χ3v) is 3.08. The van der Waals surface area contributed by atoms with Gasteiger partial charge in [0.25, 0.3) is 0 Å². The monoisotopic (exact) mass is 253 g/mol. The Hall–Kier alpha value is -0.945. The summed E-state index contributed by atoms with van der Waals surface area (Å²) in [6, 6.07) is 4.32. The molecule has 0 aliphatic carbocycles. The van der Waals surface area contributed by atoms with E-state index in [-0.39, 0.29) is 5.46 Å². The van der Waals surface area contributed by atoms with Crippen LogP contribution >= 0.6 is 0 Å². The largest absolute Gasteiger partial charge is 0.488 e. The van der Waals surface area contributed by atoms with Gasteiger partial charge in [0, 0.05) is 31.8 Å². The van der Waals surface area contributed by atoms with Gasteiger partial charge in [0.1, 0.15) is 5.82 Å². The van der Waals surface area contributed by atoms with Gasteiger partial charge in [-0.1, -0.05) is 12.1 Å². The van der Waals surface area contributed by atoms with Crippen molar-refractivity contribution in [3.63, 3.8) is 0 Å². The van der Waals surface area contributed by atoms with Crippen molar-refractivity contribution in [1.82, 2.24) is 4.90 Å². The Kier molecular flexibility index (Phi) is 4.71. The Balaban J connectivity index is 2.04. The molecule has 1 aliphatic heterocycles. The molecule has 0 spiro atoms. The van der Waals surface area contributed by atoms with Gasteiger partial charge in [0.2, 0.25) is 0 Å². The molecule has 1 aliphatic rings. The molecule has 1 saturated heterocycles. The van der Waals surface area contributed by atoms with Gasteiger partial charge in [-0.05, 0) is 17.9 Å². The lowest BCUT2D eigenvalue weighted by molar-refractivity contribution is 0.140. The van der Waals surface area contributed by atoms with Crippen LogP contribution < -0.4 is 5.46 Å². The van der Waals surface area contributed by atoms with Gasteiger partial charge in [-0.2, -0.15) is 0 Å². The summed E-state index contributed by atoms with van der Waals surface area (Å²) < 4.78 is 19.1. The molecule has 1 aromatic rings. The third-order valence-electron chi connectivity index (χ3n) is 3.08. The Morgan fingerprint density at radius 1 is 1.28 bits per heavy atom. The van der Waals surface area contributed by atoms with Gasteiger partial charge in [-0.3, -0.25) is 4.90 Å². The van der Waals surface area contributed by atoms with Crippen LogP contribution in [0.4, 0.5) is 4.39 Å². The van der Waals surface area contributed by atoms with Crippen LogP contribution in [0.1, 0.15) is 12.0 Å². The predicted molar refractivity (Wildman–Crippen MR) is 66.9 cm³/mol. The molecule has 2 N–H and O–H groups in total. The molecule has 0 unspecified atom stereocenters. The fourth-order valence-electron chi connectivity index (χ4n) is 2.05. The second kappa shape index (κ2) is 6.29. The molecule has 0 atom stereocenters. The third kappa shape index (κ3) is 3.52. The average molecular weight is 253 g/mol. The minimum absolute atomic E-state index is 0.176. The number of benzene rings is 1. The normalized spacial score (nSPS) is 17.5. The zero-order chi connectivity index (χ0) is 13.0. The van der Waals surface area contributed by atoms with Crippen molar-refractivity contribution in [3.05, 3.63) is 29.6 Å². The van der Waals surface area contributed by atoms with E-state index in [1.807, 2.05) is 0 Å². The zero-order valence-electron chi connectivity index (χ0n) is 10.2. The van der Waals surface area contributed by atoms with Crippen LogP contribution in [0.2, 0.25) is 0 Å². The van der Waals surface area contributed by atoms with E-state index >= 15 is 0 Å². The van der Waals surface area contributed by atoms with Gasteiger partial charge < -0.3 is 14.8 Å². The highest BCUT2D eigenvalue weighted by Crippen LogP contribution is 2.11. The summed E-state index contributed by atoms with van der Waals surface area (Å²) in [5.74, 6) is -0.397. The Bertz CT molecular complexity index is 395. The number of nitrogens with zero attached hydrogens (tertiary/aromatic N) is 1. The van der Waals surface area contributed by atoms with Crippen LogP contribution in [-0.2, 0) is 11.3 Å². The molecule has 0 saturated carbocycles. The smallest absolute Gasteiger partial charge is 0.423 e. The maximum Gasteiger partial charge on any atom is 0.488 e. The first-order valence-electron chi connectivity index (χ1n) is 6.11. The van der Waals surface area contributed by atoms with E-state index in [2.05, 4.69) is 4.90 Å². The lowest BCUT2D eigenvalue weighted by Gasteiger charge is -2.19. The van der Waals surface area contributed by atoms with Gasteiger partial charge >= 0.3 is 7.12 Å². The minimum atomic E-state index is -1.62. The van der Waals surface area contributed by atoms with Crippen LogP contribution in [0.25, 0.3) is 0 Å². The standard InChI is InChI=1S/C12H17BFNO3/c14-12-8-11(13(16)17)3-2-10(12)9-15-4-1-6-18-7-5-15/h2-3,8,16-17H,1,4-7,9H2. The van der Waals surface area contributed by atoms with E-state index in [1.54, 1.807) is 6.07 Å². The molecular weight excluding hydrogens is 236 g/mol. The molecule has 18 heavy (non-hydrogen) atoms. The Labute approximate surface area is 106 Å². The molecule has 0 bridgehead atoms. The first kappa shape index (κ1) is 13.5. The highest BCUT2D eigenvalue weighted by Gasteiger charge is 2.16. The van der Waals surface area contributed by atoms with Crippen molar-refractivity contribution < 1.29 is 19.2 Å². The molecule has 4 nitrogen and oxygen atoms in total. The maximum atomic E-state index is 13.8. The molecular formula is C12H17BFNO3. The number of rotatable bonds is 3. The molecule has 98 valence electrons. The minimum Gasteiger partial charge on any atom is -0.423 e. The summed E-state index contributed by atoms with van der Waals surface area (Å²) in [4.78, 5) is 2.14. The van der Waals surface area contributed by atoms with Crippen molar-refractivity contribution in [2.75, 3.05) is 26.3 Å². The van der Waals surface area contributed by atoms with Crippen LogP contribution in [-0.4, -0.2) is 48.4 Å². The topological polar surface area (TPSA) is 52.9 Å². The molecule has 2 rings (SSSR count). The lowest BCUT2D eigenvalue weighted by Crippen LogP contribution is -2.31. The van der Waals surface area contributed by atoms with E-state index in [4.69, 9.17) is 14.8 Å². The Morgan fingerprint density at radius 3 is 2.83 bits per heavy atom. The first-order valence-corrected chi connectivity index (χ1v) is 6.11. The van der Waals surface area contributed by atoms with Gasteiger partial charge in [0.05, 0.1) is 6.61 Å². The second-order valence-corrected chi connectivity index (χ2v) is 4.47. The first-order chi connectivity index (χ1) is 8.66. The van der Waals surface area contributed by atoms with Crippen molar-refractivity contribution in [2.24, 2.45) is 0 Å². The van der Waals surface area contributed by atoms with Crippen LogP contribution in [0.3, 0.4) is 0 Å². The van der Waals surface area contributed by atoms with Crippen molar-refractivity contribution >= 4 is 12.6 Å². The Morgan fingerprint density at radius 2 is 2.11 bits per heavy atom. The average Bonchev–Trinajstić information content (AvgIpc) is 2.60. The number of hydrogen-bond acceptors (Lipinski definition) is 4. The molecule has 0 amide bonds. The van der Waals surface area contributed by atoms with Gasteiger partial charge in [-0.25, -0.2) is 4.39 Å². The number of ether oxygens (including phenoxy) is 1. The number of halogens is 1. The van der Waals surface area contributed by atoms with Gasteiger partial charge in [0.15, 0.2) is 0 Å². The highest BCUT2D eigenvalue weighted by molar-refractivity contribution is 6.58. The summed E-state index contributed by atoms with van der Waals surface area (Å²) in [6.07, 6.45) is 0.953. The van der Waals surface area contributed by atoms with E-state index in [0.29, 0.717) is 18.7 Å². The second-order valence-electron chi connectivity index (χ2n) is 4.47. The quantitative estimate of drug-likeness (QED) is 0.728. The maximum absolute atomic E-state index is 13.8. The SMILES string of the molecule is OB(O)c1ccc(CN2CCCOCC2)c(F)c1. The fourth-order valence-corrected chi connectivity index (χ4v) is 2.05. The summed E-state index contributed by atoms with van der Waals surface area (Å²) in [6.45, 7) is 3.65. The molecule has 1 aromatic carbocycles. The number of hydrogen-bond donors (Lipinski definition) is 2. The van der Waals surface area contributed by atoms with E-state index in [0.717, 1.165) is 26.1 Å². The molecule has 0 aromatic heterocycles. The van der Waals surface area contributed by atoms with Crippen LogP contribution in [0, 0.1) is 5.82 Å². The predicted octanol–water partition coefficient (Wildman–Crippen LogP) is -0.272.